The van der Waals surface area contributed by atoms with E-state index in [4.69, 9.17) is 4.98 Å². The Kier molecular flexibility index (Phi) is 4.88. The molecule has 1 aliphatic carbocycles. The number of hydrogen-bond donors (Lipinski definition) is 2. The van der Waals surface area contributed by atoms with E-state index in [2.05, 4.69) is 4.98 Å². The molecule has 0 saturated carbocycles. The van der Waals surface area contributed by atoms with Crippen LogP contribution < -0.4 is 0 Å². The van der Waals surface area contributed by atoms with Gasteiger partial charge in [0.2, 0.25) is 5.88 Å². The third-order valence-corrected chi connectivity index (χ3v) is 5.24. The molecule has 0 unspecified atom stereocenters. The number of nitrogens with zero attached hydrogens (tertiary/aromatic N) is 3. The number of allylic oxidation sites excluding steroid dienone is 5. The summed E-state index contributed by atoms with van der Waals surface area (Å²) in [6.07, 6.45) is 10.3. The molecule has 156 valence electrons. The second-order valence-corrected chi connectivity index (χ2v) is 7.51. The Hall–Kier alpha value is -4.45. The fraction of sp³-hybridized carbons (Fsp3) is 0.0385. The minimum Gasteiger partial charge on any atom is -0.508 e. The number of imidazole rings is 1. The Labute approximate surface area is 184 Å². The van der Waals surface area contributed by atoms with E-state index in [1.54, 1.807) is 53.1 Å². The summed E-state index contributed by atoms with van der Waals surface area (Å²) >= 11 is 0. The van der Waals surface area contributed by atoms with Crippen molar-refractivity contribution in [2.24, 2.45) is 0 Å². The van der Waals surface area contributed by atoms with Gasteiger partial charge in [0.05, 0.1) is 11.4 Å². The number of ketones is 1. The van der Waals surface area contributed by atoms with E-state index in [1.165, 1.54) is 12.2 Å². The zero-order valence-corrected chi connectivity index (χ0v) is 17.0. The van der Waals surface area contributed by atoms with E-state index in [-0.39, 0.29) is 17.4 Å². The molecule has 2 heterocycles. The Morgan fingerprint density at radius 2 is 1.59 bits per heavy atom. The number of phenolic OH excluding ortho intramolecular Hbond substituents is 1. The van der Waals surface area contributed by atoms with Gasteiger partial charge >= 0.3 is 0 Å². The van der Waals surface area contributed by atoms with Gasteiger partial charge < -0.3 is 10.2 Å². The number of aromatic nitrogens is 3. The summed E-state index contributed by atoms with van der Waals surface area (Å²) in [7, 11) is 0. The van der Waals surface area contributed by atoms with Gasteiger partial charge in [-0.05, 0) is 53.6 Å². The van der Waals surface area contributed by atoms with Crippen LogP contribution in [0.4, 0.5) is 0 Å². The summed E-state index contributed by atoms with van der Waals surface area (Å²) in [4.78, 5) is 20.9. The Morgan fingerprint density at radius 1 is 0.875 bits per heavy atom. The van der Waals surface area contributed by atoms with Gasteiger partial charge in [0.15, 0.2) is 11.4 Å². The van der Waals surface area contributed by atoms with Gasteiger partial charge in [-0.15, -0.1) is 0 Å². The average molecular weight is 422 g/mol. The summed E-state index contributed by atoms with van der Waals surface area (Å²) in [5, 5.41) is 20.6. The van der Waals surface area contributed by atoms with Crippen LogP contribution in [0.3, 0.4) is 0 Å². The molecule has 0 bridgehead atoms. The zero-order valence-electron chi connectivity index (χ0n) is 17.0. The van der Waals surface area contributed by atoms with Gasteiger partial charge in [0.25, 0.3) is 0 Å². The van der Waals surface area contributed by atoms with E-state index in [0.717, 1.165) is 16.7 Å². The molecule has 0 radical (unpaired) electrons. The Balaban J connectivity index is 1.67. The van der Waals surface area contributed by atoms with Crippen LogP contribution in [0.2, 0.25) is 0 Å². The van der Waals surface area contributed by atoms with E-state index >= 15 is 0 Å². The highest BCUT2D eigenvalue weighted by atomic mass is 16.3. The van der Waals surface area contributed by atoms with Gasteiger partial charge in [-0.1, -0.05) is 42.5 Å². The normalized spacial score (nSPS) is 13.1. The summed E-state index contributed by atoms with van der Waals surface area (Å²) < 4.78 is 1.63. The third kappa shape index (κ3) is 3.81. The maximum absolute atomic E-state index is 11.4. The topological polar surface area (TPSA) is 87.7 Å². The average Bonchev–Trinajstić information content (AvgIpc) is 3.12. The molecule has 2 aromatic heterocycles. The number of phenols is 1. The number of aromatic hydroxyl groups is 2. The van der Waals surface area contributed by atoms with Crippen LogP contribution in [0.1, 0.15) is 17.0 Å². The predicted molar refractivity (Wildman–Crippen MR) is 122 cm³/mol. The van der Waals surface area contributed by atoms with Crippen molar-refractivity contribution in [2.75, 3.05) is 0 Å². The number of benzene rings is 2. The molecule has 0 saturated heterocycles. The van der Waals surface area contributed by atoms with Gasteiger partial charge in [-0.25, -0.2) is 9.97 Å². The van der Waals surface area contributed by atoms with Crippen molar-refractivity contribution in [1.29, 1.82) is 0 Å². The quantitative estimate of drug-likeness (QED) is 0.474. The van der Waals surface area contributed by atoms with Crippen molar-refractivity contribution in [3.8, 4) is 22.9 Å². The summed E-state index contributed by atoms with van der Waals surface area (Å²) in [6.45, 7) is 0. The van der Waals surface area contributed by atoms with Gasteiger partial charge in [-0.2, -0.15) is 0 Å². The number of rotatable bonds is 4. The summed E-state index contributed by atoms with van der Waals surface area (Å²) in [6, 6.07) is 16.7. The monoisotopic (exact) mass is 422 g/mol. The highest BCUT2D eigenvalue weighted by Gasteiger charge is 2.17. The fourth-order valence-corrected chi connectivity index (χ4v) is 3.61. The molecule has 2 aromatic carbocycles. The van der Waals surface area contributed by atoms with Crippen LogP contribution in [-0.2, 0) is 11.2 Å². The standard InChI is InChI=1S/C26H19N3O3/c30-20-10-6-18(7-11-20)15-23-26(32)29-16-24(19-8-12-21(31)13-9-19)27-22(25(29)28-23)14-17-4-2-1-3-5-17/h1-13,15-16,31-32H,14H2/i15+1. The fourth-order valence-electron chi connectivity index (χ4n) is 3.61. The van der Waals surface area contributed by atoms with E-state index < -0.39 is 0 Å². The van der Waals surface area contributed by atoms with Crippen LogP contribution in [0, 0.1) is 0 Å². The Morgan fingerprint density at radius 3 is 2.31 bits per heavy atom. The molecule has 6 nitrogen and oxygen atoms in total. The molecule has 6 heteroatoms. The molecule has 2 N–H and O–H groups in total. The second kappa shape index (κ2) is 8.00. The third-order valence-electron chi connectivity index (χ3n) is 5.24. The minimum atomic E-state index is -0.0748. The number of carbonyl (C=O) groups excluding carboxylic acids is 1. The number of carbonyl (C=O) groups is 1. The number of fused-ring (bicyclic) bond motifs is 1. The van der Waals surface area contributed by atoms with Crippen LogP contribution >= 0.6 is 0 Å². The SMILES string of the molecule is O=C1C=CC(=[13CH]c2nc3c(Cc4ccccc4)nc(-c4ccc(O)cc4)cn3c2O)C=C1. The van der Waals surface area contributed by atoms with Crippen LogP contribution in [-0.4, -0.2) is 30.4 Å². The van der Waals surface area contributed by atoms with Crippen molar-refractivity contribution in [2.45, 2.75) is 6.42 Å². The van der Waals surface area contributed by atoms with Gasteiger partial charge in [0.1, 0.15) is 11.4 Å². The molecule has 0 aliphatic heterocycles. The summed E-state index contributed by atoms with van der Waals surface area (Å²) in [5.74, 6) is 0.0861. The van der Waals surface area contributed by atoms with E-state index in [1.807, 2.05) is 30.3 Å². The molecule has 32 heavy (non-hydrogen) atoms. The largest absolute Gasteiger partial charge is 0.508 e. The predicted octanol–water partition coefficient (Wildman–Crippen LogP) is 4.48. The van der Waals surface area contributed by atoms with Crippen molar-refractivity contribution < 1.29 is 15.0 Å². The van der Waals surface area contributed by atoms with Crippen LogP contribution in [0.25, 0.3) is 23.0 Å². The van der Waals surface area contributed by atoms with Crippen molar-refractivity contribution in [1.82, 2.24) is 14.4 Å². The first-order chi connectivity index (χ1) is 15.6. The molecule has 0 fully saturated rings. The lowest BCUT2D eigenvalue weighted by Gasteiger charge is -2.08. The highest BCUT2D eigenvalue weighted by Crippen LogP contribution is 2.29. The summed E-state index contributed by atoms with van der Waals surface area (Å²) in [5.41, 5.74) is 4.96. The first-order valence-corrected chi connectivity index (χ1v) is 10.1. The molecular weight excluding hydrogens is 403 g/mol. The minimum absolute atomic E-state index is 0.0112. The maximum atomic E-state index is 11.4. The molecule has 5 rings (SSSR count). The molecule has 4 aromatic rings. The molecular formula is C26H19N3O3. The lowest BCUT2D eigenvalue weighted by atomic mass is 10.1. The van der Waals surface area contributed by atoms with Crippen molar-refractivity contribution in [3.63, 3.8) is 0 Å². The first kappa shape index (κ1) is 19.5. The molecule has 0 atom stereocenters. The van der Waals surface area contributed by atoms with E-state index in [0.29, 0.717) is 29.1 Å². The molecule has 0 amide bonds. The van der Waals surface area contributed by atoms with Crippen LogP contribution in [0.5, 0.6) is 11.6 Å². The smallest absolute Gasteiger partial charge is 0.223 e. The van der Waals surface area contributed by atoms with Gasteiger partial charge in [-0.3, -0.25) is 9.20 Å². The Bertz CT molecular complexity index is 1390. The van der Waals surface area contributed by atoms with Crippen molar-refractivity contribution >= 4 is 17.5 Å². The van der Waals surface area contributed by atoms with Crippen LogP contribution in [0.15, 0.2) is 90.7 Å². The van der Waals surface area contributed by atoms with Gasteiger partial charge in [0, 0.05) is 18.2 Å². The lowest BCUT2D eigenvalue weighted by Crippen LogP contribution is -2.00. The van der Waals surface area contributed by atoms with Crippen molar-refractivity contribution in [3.05, 3.63) is 108 Å². The molecule has 0 spiro atoms. The highest BCUT2D eigenvalue weighted by molar-refractivity contribution is 6.01. The zero-order chi connectivity index (χ0) is 22.1. The second-order valence-electron chi connectivity index (χ2n) is 7.51. The lowest BCUT2D eigenvalue weighted by molar-refractivity contribution is -0.110. The maximum Gasteiger partial charge on any atom is 0.223 e. The number of hydrogen-bond acceptors (Lipinski definition) is 5. The molecule has 1 aliphatic rings. The van der Waals surface area contributed by atoms with E-state index in [9.17, 15) is 15.0 Å². The first-order valence-electron chi connectivity index (χ1n) is 10.1.